The number of carbonyl (C=O) groups is 3. The number of rotatable bonds is 8. The molecule has 1 saturated heterocycles. The summed E-state index contributed by atoms with van der Waals surface area (Å²) in [5.74, 6) is -1.56. The summed E-state index contributed by atoms with van der Waals surface area (Å²) in [6.45, 7) is 3.90. The average Bonchev–Trinajstić information content (AvgIpc) is 3.02. The molecule has 0 aliphatic carbocycles. The molecule has 2 aromatic carbocycles. The zero-order valence-corrected chi connectivity index (χ0v) is 18.2. The lowest BCUT2D eigenvalue weighted by Gasteiger charge is -2.25. The SMILES string of the molecule is CCOc1cccc(/C(O)=C2/C(=O)C(=O)N(CCOC)C2c2cccc(OC(C)=O)c2)c1. The van der Waals surface area contributed by atoms with Crippen LogP contribution in [0.15, 0.2) is 54.1 Å². The first-order valence-electron chi connectivity index (χ1n) is 10.2. The van der Waals surface area contributed by atoms with E-state index in [9.17, 15) is 19.5 Å². The van der Waals surface area contributed by atoms with Gasteiger partial charge in [0.15, 0.2) is 0 Å². The van der Waals surface area contributed by atoms with Crippen molar-refractivity contribution in [2.45, 2.75) is 19.9 Å². The first kappa shape index (κ1) is 23.0. The summed E-state index contributed by atoms with van der Waals surface area (Å²) in [5, 5.41) is 11.1. The molecule has 0 radical (unpaired) electrons. The molecule has 8 nitrogen and oxygen atoms in total. The summed E-state index contributed by atoms with van der Waals surface area (Å²) in [4.78, 5) is 38.5. The van der Waals surface area contributed by atoms with E-state index in [1.165, 1.54) is 18.9 Å². The molecule has 168 valence electrons. The molecule has 1 aliphatic heterocycles. The molecule has 1 fully saturated rings. The van der Waals surface area contributed by atoms with Gasteiger partial charge in [0.2, 0.25) is 0 Å². The fourth-order valence-electron chi connectivity index (χ4n) is 3.62. The second kappa shape index (κ2) is 10.1. The Labute approximate surface area is 186 Å². The van der Waals surface area contributed by atoms with Gasteiger partial charge in [0, 0.05) is 26.1 Å². The molecular formula is C24H25NO7. The molecular weight excluding hydrogens is 414 g/mol. The highest BCUT2D eigenvalue weighted by Gasteiger charge is 2.46. The number of nitrogens with zero attached hydrogens (tertiary/aromatic N) is 1. The highest BCUT2D eigenvalue weighted by atomic mass is 16.5. The highest BCUT2D eigenvalue weighted by Crippen LogP contribution is 2.40. The number of methoxy groups -OCH3 is 1. The van der Waals surface area contributed by atoms with Crippen LogP contribution >= 0.6 is 0 Å². The molecule has 1 atom stereocenters. The number of carbonyl (C=O) groups excluding carboxylic acids is 3. The van der Waals surface area contributed by atoms with E-state index in [0.29, 0.717) is 23.5 Å². The molecule has 1 amide bonds. The monoisotopic (exact) mass is 439 g/mol. The van der Waals surface area contributed by atoms with Crippen LogP contribution in [-0.4, -0.2) is 54.5 Å². The van der Waals surface area contributed by atoms with Crippen LogP contribution in [0.2, 0.25) is 0 Å². The number of ether oxygens (including phenoxy) is 3. The van der Waals surface area contributed by atoms with Gasteiger partial charge in [0.25, 0.3) is 11.7 Å². The molecule has 32 heavy (non-hydrogen) atoms. The van der Waals surface area contributed by atoms with Crippen molar-refractivity contribution in [2.75, 3.05) is 26.9 Å². The third kappa shape index (κ3) is 4.81. The lowest BCUT2D eigenvalue weighted by atomic mass is 9.95. The van der Waals surface area contributed by atoms with Crippen LogP contribution < -0.4 is 9.47 Å². The van der Waals surface area contributed by atoms with Crippen molar-refractivity contribution in [3.63, 3.8) is 0 Å². The molecule has 0 bridgehead atoms. The summed E-state index contributed by atoms with van der Waals surface area (Å²) in [6.07, 6.45) is 0. The lowest BCUT2D eigenvalue weighted by molar-refractivity contribution is -0.140. The normalized spacial score (nSPS) is 17.5. The number of esters is 1. The Hall–Kier alpha value is -3.65. The summed E-state index contributed by atoms with van der Waals surface area (Å²) < 4.78 is 15.7. The van der Waals surface area contributed by atoms with Crippen molar-refractivity contribution in [2.24, 2.45) is 0 Å². The van der Waals surface area contributed by atoms with Crippen molar-refractivity contribution in [1.29, 1.82) is 0 Å². The van der Waals surface area contributed by atoms with Crippen LogP contribution in [0.5, 0.6) is 11.5 Å². The summed E-state index contributed by atoms with van der Waals surface area (Å²) in [6, 6.07) is 12.3. The molecule has 3 rings (SSSR count). The minimum Gasteiger partial charge on any atom is -0.507 e. The largest absolute Gasteiger partial charge is 0.507 e. The Balaban J connectivity index is 2.15. The Morgan fingerprint density at radius 3 is 2.50 bits per heavy atom. The molecule has 1 heterocycles. The van der Waals surface area contributed by atoms with Gasteiger partial charge in [-0.2, -0.15) is 0 Å². The van der Waals surface area contributed by atoms with Crippen LogP contribution in [0.3, 0.4) is 0 Å². The van der Waals surface area contributed by atoms with Crippen LogP contribution in [0.25, 0.3) is 5.76 Å². The fourth-order valence-corrected chi connectivity index (χ4v) is 3.62. The second-order valence-electron chi connectivity index (χ2n) is 7.11. The van der Waals surface area contributed by atoms with E-state index in [-0.39, 0.29) is 30.2 Å². The summed E-state index contributed by atoms with van der Waals surface area (Å²) in [5.41, 5.74) is 0.808. The maximum absolute atomic E-state index is 13.0. The van der Waals surface area contributed by atoms with Crippen LogP contribution in [0, 0.1) is 0 Å². The molecule has 0 aromatic heterocycles. The van der Waals surface area contributed by atoms with Crippen molar-refractivity contribution >= 4 is 23.4 Å². The second-order valence-corrected chi connectivity index (χ2v) is 7.11. The van der Waals surface area contributed by atoms with Gasteiger partial charge in [0.1, 0.15) is 17.3 Å². The number of hydrogen-bond acceptors (Lipinski definition) is 7. The summed E-state index contributed by atoms with van der Waals surface area (Å²) >= 11 is 0. The number of likely N-dealkylation sites (tertiary alicyclic amines) is 1. The lowest BCUT2D eigenvalue weighted by Crippen LogP contribution is -2.32. The molecule has 2 aromatic rings. The molecule has 0 saturated carbocycles. The predicted octanol–water partition coefficient (Wildman–Crippen LogP) is 3.08. The first-order valence-corrected chi connectivity index (χ1v) is 10.2. The number of Topliss-reactive ketones (excluding diaryl/α,β-unsaturated/α-hetero) is 1. The first-order chi connectivity index (χ1) is 15.4. The van der Waals surface area contributed by atoms with Gasteiger partial charge >= 0.3 is 5.97 Å². The van der Waals surface area contributed by atoms with E-state index in [1.54, 1.807) is 48.5 Å². The molecule has 0 spiro atoms. The van der Waals surface area contributed by atoms with Crippen molar-refractivity contribution in [3.8, 4) is 11.5 Å². The Morgan fingerprint density at radius 1 is 1.09 bits per heavy atom. The number of aliphatic hydroxyl groups is 1. The number of hydrogen-bond donors (Lipinski definition) is 1. The molecule has 1 unspecified atom stereocenters. The molecule has 8 heteroatoms. The van der Waals surface area contributed by atoms with Gasteiger partial charge in [-0.3, -0.25) is 14.4 Å². The van der Waals surface area contributed by atoms with Gasteiger partial charge < -0.3 is 24.2 Å². The number of aliphatic hydroxyl groups excluding tert-OH is 1. The van der Waals surface area contributed by atoms with E-state index < -0.39 is 23.7 Å². The number of amides is 1. The van der Waals surface area contributed by atoms with Gasteiger partial charge in [0.05, 0.1) is 24.8 Å². The van der Waals surface area contributed by atoms with Crippen molar-refractivity contribution in [3.05, 3.63) is 65.2 Å². The number of ketones is 1. The standard InChI is InChI=1S/C24H25NO7/c1-4-31-18-9-6-8-17(14-18)22(27)20-21(25(11-12-30-3)24(29)23(20)28)16-7-5-10-19(13-16)32-15(2)26/h5-10,13-14,21,27H,4,11-12H2,1-3H3/b22-20-. The Morgan fingerprint density at radius 2 is 1.81 bits per heavy atom. The minimum absolute atomic E-state index is 0.0558. The maximum atomic E-state index is 13.0. The van der Waals surface area contributed by atoms with E-state index in [4.69, 9.17) is 14.2 Å². The van der Waals surface area contributed by atoms with Crippen LogP contribution in [0.4, 0.5) is 0 Å². The van der Waals surface area contributed by atoms with E-state index in [1.807, 2.05) is 6.92 Å². The third-order valence-corrected chi connectivity index (χ3v) is 4.93. The van der Waals surface area contributed by atoms with E-state index >= 15 is 0 Å². The summed E-state index contributed by atoms with van der Waals surface area (Å²) in [7, 11) is 1.49. The smallest absolute Gasteiger partial charge is 0.308 e. The fraction of sp³-hybridized carbons (Fsp3) is 0.292. The van der Waals surface area contributed by atoms with Gasteiger partial charge in [-0.15, -0.1) is 0 Å². The molecule has 1 aliphatic rings. The van der Waals surface area contributed by atoms with E-state index in [2.05, 4.69) is 0 Å². The van der Waals surface area contributed by atoms with Gasteiger partial charge in [-0.05, 0) is 36.8 Å². The van der Waals surface area contributed by atoms with Crippen LogP contribution in [-0.2, 0) is 19.1 Å². The maximum Gasteiger partial charge on any atom is 0.308 e. The van der Waals surface area contributed by atoms with Crippen molar-refractivity contribution in [1.82, 2.24) is 4.90 Å². The Kier molecular flexibility index (Phi) is 7.27. The van der Waals surface area contributed by atoms with Gasteiger partial charge in [-0.25, -0.2) is 0 Å². The van der Waals surface area contributed by atoms with Gasteiger partial charge in [-0.1, -0.05) is 24.3 Å². The van der Waals surface area contributed by atoms with E-state index in [0.717, 1.165) is 0 Å². The average molecular weight is 439 g/mol. The zero-order valence-electron chi connectivity index (χ0n) is 18.2. The number of benzene rings is 2. The van der Waals surface area contributed by atoms with Crippen LogP contribution in [0.1, 0.15) is 31.0 Å². The predicted molar refractivity (Wildman–Crippen MR) is 116 cm³/mol. The Bertz CT molecular complexity index is 1060. The topological polar surface area (TPSA) is 102 Å². The zero-order chi connectivity index (χ0) is 23.3. The highest BCUT2D eigenvalue weighted by molar-refractivity contribution is 6.46. The van der Waals surface area contributed by atoms with Crippen molar-refractivity contribution < 1.29 is 33.7 Å². The quantitative estimate of drug-likeness (QED) is 0.222. The molecule has 1 N–H and O–H groups in total. The third-order valence-electron chi connectivity index (χ3n) is 4.93. The minimum atomic E-state index is -0.878.